The molecule has 72 valence electrons. The number of nitrogens with zero attached hydrogens (tertiary/aromatic N) is 1. The van der Waals surface area contributed by atoms with Crippen molar-refractivity contribution in [2.75, 3.05) is 0 Å². The molecule has 0 unspecified atom stereocenters. The van der Waals surface area contributed by atoms with Gasteiger partial charge in [0.25, 0.3) is 0 Å². The highest BCUT2D eigenvalue weighted by molar-refractivity contribution is 8.05. The maximum absolute atomic E-state index is 10.3. The van der Waals surface area contributed by atoms with Crippen molar-refractivity contribution < 1.29 is 9.90 Å². The van der Waals surface area contributed by atoms with Crippen LogP contribution < -0.4 is 0 Å². The smallest absolute Gasteiger partial charge is 0.303 e. The highest BCUT2D eigenvalue weighted by Gasteiger charge is 2.20. The molecule has 0 saturated carbocycles. The van der Waals surface area contributed by atoms with E-state index in [1.807, 2.05) is 6.21 Å². The molecule has 0 spiro atoms. The summed E-state index contributed by atoms with van der Waals surface area (Å²) in [7, 11) is 0. The molecule has 4 heteroatoms. The van der Waals surface area contributed by atoms with Gasteiger partial charge in [-0.2, -0.15) is 0 Å². The van der Waals surface area contributed by atoms with Crippen molar-refractivity contribution in [3.05, 3.63) is 11.1 Å². The summed E-state index contributed by atoms with van der Waals surface area (Å²) in [5.41, 5.74) is 0. The second-order valence-electron chi connectivity index (χ2n) is 3.47. The monoisotopic (exact) mass is 199 g/mol. The predicted molar refractivity (Wildman–Crippen MR) is 55.1 cm³/mol. The van der Waals surface area contributed by atoms with Crippen molar-refractivity contribution in [2.45, 2.75) is 31.4 Å². The number of rotatable bonds is 3. The molecule has 0 radical (unpaired) electrons. The molecule has 0 saturated heterocycles. The van der Waals surface area contributed by atoms with Gasteiger partial charge in [0.2, 0.25) is 0 Å². The van der Waals surface area contributed by atoms with Gasteiger partial charge in [-0.1, -0.05) is 0 Å². The van der Waals surface area contributed by atoms with Crippen LogP contribution in [0.25, 0.3) is 0 Å². The molecule has 0 amide bonds. The average Bonchev–Trinajstić information content (AvgIpc) is 1.99. The highest BCUT2D eigenvalue weighted by Crippen LogP contribution is 2.35. The van der Waals surface area contributed by atoms with Gasteiger partial charge in [0.05, 0.1) is 0 Å². The third-order valence-corrected chi connectivity index (χ3v) is 2.79. The van der Waals surface area contributed by atoms with E-state index in [1.165, 1.54) is 0 Å². The van der Waals surface area contributed by atoms with E-state index in [0.29, 0.717) is 6.42 Å². The van der Waals surface area contributed by atoms with Gasteiger partial charge in [0, 0.05) is 28.5 Å². The first-order chi connectivity index (χ1) is 5.99. The number of carbonyl (C=O) groups is 1. The Morgan fingerprint density at radius 3 is 2.92 bits per heavy atom. The third-order valence-electron chi connectivity index (χ3n) is 1.58. The third kappa shape index (κ3) is 3.63. The van der Waals surface area contributed by atoms with Crippen LogP contribution in [-0.2, 0) is 4.79 Å². The molecule has 0 aliphatic carbocycles. The van der Waals surface area contributed by atoms with Crippen LogP contribution in [0.5, 0.6) is 0 Å². The van der Waals surface area contributed by atoms with Gasteiger partial charge in [-0.15, -0.1) is 11.8 Å². The molecule has 0 aromatic heterocycles. The summed E-state index contributed by atoms with van der Waals surface area (Å²) < 4.78 is 0.00257. The Labute approximate surface area is 81.9 Å². The molecule has 0 aromatic rings. The van der Waals surface area contributed by atoms with Crippen LogP contribution in [0, 0.1) is 0 Å². The van der Waals surface area contributed by atoms with E-state index in [-0.39, 0.29) is 11.2 Å². The fourth-order valence-electron chi connectivity index (χ4n) is 1.04. The standard InChI is InChI=1S/C9H13NO2S/c1-9(2)6-10-5-7(13-9)3-4-8(11)12/h5-6H,3-4H2,1-2H3,(H,11,12). The fourth-order valence-corrected chi connectivity index (χ4v) is 2.14. The number of carboxylic acid groups (broad SMARTS) is 1. The van der Waals surface area contributed by atoms with Gasteiger partial charge in [0.1, 0.15) is 0 Å². The van der Waals surface area contributed by atoms with E-state index in [0.717, 1.165) is 4.91 Å². The van der Waals surface area contributed by atoms with Crippen LogP contribution in [0.15, 0.2) is 16.1 Å². The number of hydrogen-bond acceptors (Lipinski definition) is 3. The van der Waals surface area contributed by atoms with Crippen molar-refractivity contribution in [3.63, 3.8) is 0 Å². The zero-order chi connectivity index (χ0) is 9.90. The summed E-state index contributed by atoms with van der Waals surface area (Å²) in [6.07, 6.45) is 4.39. The Morgan fingerprint density at radius 2 is 2.38 bits per heavy atom. The van der Waals surface area contributed by atoms with Crippen molar-refractivity contribution in [3.8, 4) is 0 Å². The quantitative estimate of drug-likeness (QED) is 0.758. The molecule has 0 aromatic carbocycles. The summed E-state index contributed by atoms with van der Waals surface area (Å²) in [5, 5.41) is 8.50. The second-order valence-corrected chi connectivity index (χ2v) is 5.25. The second kappa shape index (κ2) is 3.96. The van der Waals surface area contributed by atoms with Gasteiger partial charge in [-0.3, -0.25) is 9.79 Å². The number of carboxylic acids is 1. The predicted octanol–water partition coefficient (Wildman–Crippen LogP) is 2.29. The maximum atomic E-state index is 10.3. The van der Waals surface area contributed by atoms with Crippen LogP contribution in [0.2, 0.25) is 0 Å². The van der Waals surface area contributed by atoms with E-state index in [4.69, 9.17) is 5.11 Å². The minimum absolute atomic E-state index is 0.00257. The summed E-state index contributed by atoms with van der Waals surface area (Å²) in [4.78, 5) is 15.5. The van der Waals surface area contributed by atoms with Gasteiger partial charge in [-0.25, -0.2) is 0 Å². The van der Waals surface area contributed by atoms with Crippen LogP contribution in [0.4, 0.5) is 0 Å². The van der Waals surface area contributed by atoms with E-state index in [9.17, 15) is 4.79 Å². The Hall–Kier alpha value is -0.770. The Bertz CT molecular complexity index is 269. The van der Waals surface area contributed by atoms with E-state index in [1.54, 1.807) is 18.0 Å². The Kier molecular flexibility index (Phi) is 3.14. The molecule has 1 rings (SSSR count). The molecule has 0 atom stereocenters. The zero-order valence-corrected chi connectivity index (χ0v) is 8.60. The lowest BCUT2D eigenvalue weighted by Crippen LogP contribution is -2.18. The SMILES string of the molecule is CC1(C)C=NC=C(CCC(=O)O)S1. The molecule has 1 heterocycles. The van der Waals surface area contributed by atoms with E-state index in [2.05, 4.69) is 18.8 Å². The first-order valence-electron chi connectivity index (χ1n) is 4.14. The number of hydrogen-bond donors (Lipinski definition) is 1. The normalized spacial score (nSPS) is 19.7. The fraction of sp³-hybridized carbons (Fsp3) is 0.556. The van der Waals surface area contributed by atoms with Crippen LogP contribution in [0.3, 0.4) is 0 Å². The van der Waals surface area contributed by atoms with Crippen molar-refractivity contribution >= 4 is 23.9 Å². The average molecular weight is 199 g/mol. The Morgan fingerprint density at radius 1 is 1.69 bits per heavy atom. The largest absolute Gasteiger partial charge is 0.481 e. The topological polar surface area (TPSA) is 49.7 Å². The van der Waals surface area contributed by atoms with Crippen molar-refractivity contribution in [1.82, 2.24) is 0 Å². The van der Waals surface area contributed by atoms with Crippen LogP contribution >= 0.6 is 11.8 Å². The van der Waals surface area contributed by atoms with E-state index >= 15 is 0 Å². The lowest BCUT2D eigenvalue weighted by Gasteiger charge is -2.22. The van der Waals surface area contributed by atoms with Gasteiger partial charge >= 0.3 is 5.97 Å². The molecule has 0 bridgehead atoms. The minimum Gasteiger partial charge on any atom is -0.481 e. The molecule has 1 N–H and O–H groups in total. The summed E-state index contributed by atoms with van der Waals surface area (Å²) in [5.74, 6) is -0.756. The van der Waals surface area contributed by atoms with Crippen LogP contribution in [-0.4, -0.2) is 22.0 Å². The first-order valence-corrected chi connectivity index (χ1v) is 4.95. The molecule has 0 fully saturated rings. The first kappa shape index (κ1) is 10.3. The number of aliphatic carboxylic acids is 1. The lowest BCUT2D eigenvalue weighted by atomic mass is 10.2. The highest BCUT2D eigenvalue weighted by atomic mass is 32.2. The van der Waals surface area contributed by atoms with Gasteiger partial charge in [-0.05, 0) is 20.3 Å². The van der Waals surface area contributed by atoms with Gasteiger partial charge < -0.3 is 5.11 Å². The van der Waals surface area contributed by atoms with Crippen LogP contribution in [0.1, 0.15) is 26.7 Å². The number of allylic oxidation sites excluding steroid dienone is 1. The number of aliphatic imine (C=N–C) groups is 1. The molecule has 3 nitrogen and oxygen atoms in total. The molecular formula is C9H13NO2S. The summed E-state index contributed by atoms with van der Waals surface area (Å²) in [6, 6.07) is 0. The molecular weight excluding hydrogens is 186 g/mol. The zero-order valence-electron chi connectivity index (χ0n) is 7.78. The van der Waals surface area contributed by atoms with Gasteiger partial charge in [0.15, 0.2) is 0 Å². The summed E-state index contributed by atoms with van der Waals surface area (Å²) in [6.45, 7) is 4.13. The minimum atomic E-state index is -0.756. The molecule has 1 aliphatic rings. The Balaban J connectivity index is 2.48. The lowest BCUT2D eigenvalue weighted by molar-refractivity contribution is -0.136. The number of thioether (sulfide) groups is 1. The van der Waals surface area contributed by atoms with Crippen molar-refractivity contribution in [2.24, 2.45) is 4.99 Å². The molecule has 13 heavy (non-hydrogen) atoms. The molecule has 1 aliphatic heterocycles. The summed E-state index contributed by atoms with van der Waals surface area (Å²) >= 11 is 1.68. The maximum Gasteiger partial charge on any atom is 0.303 e. The van der Waals surface area contributed by atoms with E-state index < -0.39 is 5.97 Å². The van der Waals surface area contributed by atoms with Crippen molar-refractivity contribution in [1.29, 1.82) is 0 Å².